The van der Waals surface area contributed by atoms with Crippen molar-refractivity contribution in [1.29, 1.82) is 0 Å². The molecule has 19 heavy (non-hydrogen) atoms. The zero-order valence-electron chi connectivity index (χ0n) is 12.3. The number of aliphatic hydroxyl groups is 4. The molecule has 1 amide bonds. The van der Waals surface area contributed by atoms with Crippen molar-refractivity contribution in [3.05, 3.63) is 0 Å². The van der Waals surface area contributed by atoms with Crippen LogP contribution in [0.15, 0.2) is 0 Å². The van der Waals surface area contributed by atoms with Gasteiger partial charge in [0.1, 0.15) is 12.2 Å². The van der Waals surface area contributed by atoms with Crippen LogP contribution in [0.25, 0.3) is 0 Å². The molecule has 120 valence electrons. The summed E-state index contributed by atoms with van der Waals surface area (Å²) in [6.07, 6.45) is -0.440. The van der Waals surface area contributed by atoms with E-state index in [1.165, 1.54) is 19.8 Å². The van der Waals surface area contributed by atoms with E-state index < -0.39 is 24.9 Å². The van der Waals surface area contributed by atoms with Gasteiger partial charge in [-0.2, -0.15) is 0 Å². The number of aliphatic hydroxyl groups excluding tert-OH is 4. The summed E-state index contributed by atoms with van der Waals surface area (Å²) in [7, 11) is 0. The molecular weight excluding hydrogens is 254 g/mol. The molecule has 0 saturated heterocycles. The zero-order valence-corrected chi connectivity index (χ0v) is 12.3. The molecule has 7 nitrogen and oxygen atoms in total. The predicted molar refractivity (Wildman–Crippen MR) is 74.5 cm³/mol. The standard InChI is InChI=1S/C6H14O4.C4H10.C2H5NO.H2O/c1-2-4(8)6(10)5(9)3-7;1-3-4-2;1-2(3)4;/h4-10H,2-3H2,1H3;3-4H2,1-2H3;1H3,(H2,3,4);1H2. The molecule has 0 aromatic heterocycles. The fraction of sp³-hybridized carbons (Fsp3) is 0.917. The van der Waals surface area contributed by atoms with Crippen LogP contribution >= 0.6 is 0 Å². The maximum absolute atomic E-state index is 9.22. The van der Waals surface area contributed by atoms with E-state index in [2.05, 4.69) is 19.6 Å². The summed E-state index contributed by atoms with van der Waals surface area (Å²) in [5.74, 6) is -0.333. The molecule has 0 aromatic rings. The third kappa shape index (κ3) is 26.7. The minimum Gasteiger partial charge on any atom is -0.412 e. The maximum Gasteiger partial charge on any atom is 0.214 e. The van der Waals surface area contributed by atoms with E-state index >= 15 is 0 Å². The average molecular weight is 285 g/mol. The van der Waals surface area contributed by atoms with Crippen LogP contribution in [0, 0.1) is 0 Å². The smallest absolute Gasteiger partial charge is 0.214 e. The summed E-state index contributed by atoms with van der Waals surface area (Å²) < 4.78 is 0. The molecule has 0 saturated carbocycles. The molecule has 8 N–H and O–H groups in total. The van der Waals surface area contributed by atoms with Gasteiger partial charge >= 0.3 is 0 Å². The second kappa shape index (κ2) is 19.6. The van der Waals surface area contributed by atoms with Crippen LogP contribution in [0.2, 0.25) is 0 Å². The highest BCUT2D eigenvalue weighted by molar-refractivity contribution is 5.70. The molecule has 3 unspecified atom stereocenters. The van der Waals surface area contributed by atoms with E-state index in [1.54, 1.807) is 6.92 Å². The highest BCUT2D eigenvalue weighted by Crippen LogP contribution is 2.02. The van der Waals surface area contributed by atoms with E-state index in [9.17, 15) is 4.79 Å². The Morgan fingerprint density at radius 3 is 1.53 bits per heavy atom. The molecule has 0 aliphatic carbocycles. The van der Waals surface area contributed by atoms with E-state index in [0.29, 0.717) is 6.42 Å². The first-order chi connectivity index (χ1) is 8.28. The molecule has 0 bridgehead atoms. The molecule has 3 atom stereocenters. The van der Waals surface area contributed by atoms with Crippen LogP contribution in [-0.4, -0.2) is 56.7 Å². The van der Waals surface area contributed by atoms with Gasteiger partial charge in [0, 0.05) is 6.92 Å². The van der Waals surface area contributed by atoms with Crippen molar-refractivity contribution >= 4 is 5.91 Å². The maximum atomic E-state index is 9.22. The molecular formula is C12H31NO6. The van der Waals surface area contributed by atoms with Crippen molar-refractivity contribution in [3.8, 4) is 0 Å². The lowest BCUT2D eigenvalue weighted by molar-refractivity contribution is -0.115. The number of hydrogen-bond donors (Lipinski definition) is 5. The van der Waals surface area contributed by atoms with Gasteiger partial charge in [0.2, 0.25) is 5.91 Å². The molecule has 7 heteroatoms. The Morgan fingerprint density at radius 1 is 1.05 bits per heavy atom. The van der Waals surface area contributed by atoms with E-state index in [-0.39, 0.29) is 11.4 Å². The van der Waals surface area contributed by atoms with Crippen molar-refractivity contribution in [2.24, 2.45) is 5.73 Å². The molecule has 0 aliphatic rings. The lowest BCUT2D eigenvalue weighted by Gasteiger charge is -2.19. The predicted octanol–water partition coefficient (Wildman–Crippen LogP) is -1.06. The van der Waals surface area contributed by atoms with Gasteiger partial charge in [0.15, 0.2) is 0 Å². The van der Waals surface area contributed by atoms with E-state index in [0.717, 1.165) is 0 Å². The first kappa shape index (κ1) is 26.8. The molecule has 0 rings (SSSR count). The van der Waals surface area contributed by atoms with Crippen LogP contribution < -0.4 is 5.73 Å². The second-order valence-electron chi connectivity index (χ2n) is 3.83. The van der Waals surface area contributed by atoms with E-state index in [1.807, 2.05) is 0 Å². The Balaban J connectivity index is -0.000000105. The van der Waals surface area contributed by atoms with Crippen LogP contribution in [0.3, 0.4) is 0 Å². The summed E-state index contributed by atoms with van der Waals surface area (Å²) in [5.41, 5.74) is 4.47. The first-order valence-electron chi connectivity index (χ1n) is 6.19. The van der Waals surface area contributed by atoms with Crippen molar-refractivity contribution in [2.45, 2.75) is 65.3 Å². The van der Waals surface area contributed by atoms with E-state index in [4.69, 9.17) is 20.4 Å². The van der Waals surface area contributed by atoms with Crippen molar-refractivity contribution in [3.63, 3.8) is 0 Å². The number of amides is 1. The summed E-state index contributed by atoms with van der Waals surface area (Å²) in [6, 6.07) is 0. The van der Waals surface area contributed by atoms with Crippen LogP contribution in [0.5, 0.6) is 0 Å². The average Bonchev–Trinajstić information content (AvgIpc) is 2.35. The Morgan fingerprint density at radius 2 is 1.37 bits per heavy atom. The van der Waals surface area contributed by atoms with Gasteiger partial charge in [0.05, 0.1) is 12.7 Å². The van der Waals surface area contributed by atoms with Crippen LogP contribution in [-0.2, 0) is 4.79 Å². The normalized spacial score (nSPS) is 13.5. The van der Waals surface area contributed by atoms with Gasteiger partial charge in [-0.25, -0.2) is 0 Å². The number of hydrogen-bond acceptors (Lipinski definition) is 5. The third-order valence-corrected chi connectivity index (χ3v) is 1.89. The Labute approximate surface area is 115 Å². The number of rotatable bonds is 5. The largest absolute Gasteiger partial charge is 0.412 e. The Kier molecular flexibility index (Phi) is 27.6. The number of nitrogens with two attached hydrogens (primary N) is 1. The fourth-order valence-electron chi connectivity index (χ4n) is 0.606. The van der Waals surface area contributed by atoms with Gasteiger partial charge in [-0.05, 0) is 6.42 Å². The van der Waals surface area contributed by atoms with Gasteiger partial charge in [0.25, 0.3) is 0 Å². The minimum absolute atomic E-state index is 0. The Bertz CT molecular complexity index is 164. The van der Waals surface area contributed by atoms with Crippen LogP contribution in [0.1, 0.15) is 47.0 Å². The summed E-state index contributed by atoms with van der Waals surface area (Å²) in [5, 5.41) is 34.9. The summed E-state index contributed by atoms with van der Waals surface area (Å²) in [6.45, 7) is 6.82. The number of carbonyl (C=O) groups excluding carboxylic acids is 1. The van der Waals surface area contributed by atoms with Crippen molar-refractivity contribution in [2.75, 3.05) is 6.61 Å². The summed E-state index contributed by atoms with van der Waals surface area (Å²) >= 11 is 0. The molecule has 0 aromatic carbocycles. The first-order valence-corrected chi connectivity index (χ1v) is 6.19. The van der Waals surface area contributed by atoms with Gasteiger partial charge in [-0.15, -0.1) is 0 Å². The fourth-order valence-corrected chi connectivity index (χ4v) is 0.606. The highest BCUT2D eigenvalue weighted by Gasteiger charge is 2.21. The molecule has 0 heterocycles. The van der Waals surface area contributed by atoms with Gasteiger partial charge < -0.3 is 31.6 Å². The third-order valence-electron chi connectivity index (χ3n) is 1.89. The monoisotopic (exact) mass is 285 g/mol. The number of primary amides is 1. The zero-order chi connectivity index (χ0) is 15.1. The minimum atomic E-state index is -1.24. The molecule has 0 radical (unpaired) electrons. The lowest BCUT2D eigenvalue weighted by Crippen LogP contribution is -2.38. The summed E-state index contributed by atoms with van der Waals surface area (Å²) in [4.78, 5) is 9.22. The SMILES string of the molecule is CC(N)=O.CCC(O)C(O)C(O)CO.CCCC.O. The van der Waals surface area contributed by atoms with Gasteiger partial charge in [-0.1, -0.05) is 33.6 Å². The molecule has 0 spiro atoms. The number of carbonyl (C=O) groups is 1. The second-order valence-corrected chi connectivity index (χ2v) is 3.83. The topological polar surface area (TPSA) is 156 Å². The Hall–Kier alpha value is -0.730. The van der Waals surface area contributed by atoms with Gasteiger partial charge in [-0.3, -0.25) is 4.79 Å². The molecule has 0 fully saturated rings. The number of unbranched alkanes of at least 4 members (excludes halogenated alkanes) is 1. The van der Waals surface area contributed by atoms with Crippen molar-refractivity contribution < 1.29 is 30.7 Å². The van der Waals surface area contributed by atoms with Crippen LogP contribution in [0.4, 0.5) is 0 Å². The van der Waals surface area contributed by atoms with Crippen molar-refractivity contribution in [1.82, 2.24) is 0 Å². The molecule has 0 aliphatic heterocycles. The quantitative estimate of drug-likeness (QED) is 0.435. The highest BCUT2D eigenvalue weighted by atomic mass is 16.4. The lowest BCUT2D eigenvalue weighted by atomic mass is 10.1.